The quantitative estimate of drug-likeness (QED) is 0.491. The number of aliphatic imine (C=N–C) groups is 1. The normalized spacial score (nSPS) is 16.1. The Bertz CT molecular complexity index is 1140. The number of nitrogens with one attached hydrogen (secondary N) is 2. The second-order valence-electron chi connectivity index (χ2n) is 7.20. The Labute approximate surface area is 178 Å². The van der Waals surface area contributed by atoms with Gasteiger partial charge in [-0.3, -0.25) is 14.9 Å². The number of aromatic nitrogens is 2. The van der Waals surface area contributed by atoms with Gasteiger partial charge in [-0.05, 0) is 55.0 Å². The third kappa shape index (κ3) is 5.21. The van der Waals surface area contributed by atoms with Gasteiger partial charge >= 0.3 is 0 Å². The Morgan fingerprint density at radius 1 is 1.29 bits per heavy atom. The van der Waals surface area contributed by atoms with Crippen molar-refractivity contribution in [3.63, 3.8) is 0 Å². The van der Waals surface area contributed by atoms with Gasteiger partial charge in [-0.1, -0.05) is 6.07 Å². The number of nitriles is 1. The van der Waals surface area contributed by atoms with Gasteiger partial charge in [-0.2, -0.15) is 10.4 Å². The number of aromatic amines is 1. The maximum atomic E-state index is 13.2. The zero-order valence-corrected chi connectivity index (χ0v) is 16.6. The van der Waals surface area contributed by atoms with Crippen molar-refractivity contribution in [2.24, 2.45) is 4.99 Å². The van der Waals surface area contributed by atoms with E-state index in [1.807, 2.05) is 12.1 Å². The third-order valence-corrected chi connectivity index (χ3v) is 4.88. The number of carbonyl (C=O) groups excluding carboxylic acids is 1. The second kappa shape index (κ2) is 9.32. The maximum absolute atomic E-state index is 13.2. The topological polar surface area (TPSA) is 103 Å². The fourth-order valence-electron chi connectivity index (χ4n) is 3.30. The summed E-state index contributed by atoms with van der Waals surface area (Å²) in [5.41, 5.74) is 3.00. The van der Waals surface area contributed by atoms with E-state index in [9.17, 15) is 9.18 Å². The monoisotopic (exact) mass is 417 g/mol. The lowest BCUT2D eigenvalue weighted by atomic mass is 10.1. The first-order valence-corrected chi connectivity index (χ1v) is 9.87. The minimum Gasteiger partial charge on any atom is -0.379 e. The van der Waals surface area contributed by atoms with Crippen molar-refractivity contribution in [1.29, 1.82) is 5.26 Å². The molecule has 0 radical (unpaired) electrons. The van der Waals surface area contributed by atoms with Crippen LogP contribution in [0.25, 0.3) is 11.3 Å². The lowest BCUT2D eigenvalue weighted by molar-refractivity contribution is 0.0976. The third-order valence-electron chi connectivity index (χ3n) is 4.88. The minimum atomic E-state index is -0.340. The predicted molar refractivity (Wildman–Crippen MR) is 113 cm³/mol. The lowest BCUT2D eigenvalue weighted by Crippen LogP contribution is -2.33. The number of benzene rings is 2. The van der Waals surface area contributed by atoms with Crippen LogP contribution in [-0.2, 0) is 11.2 Å². The molecular weight excluding hydrogens is 397 g/mol. The molecule has 2 heterocycles. The summed E-state index contributed by atoms with van der Waals surface area (Å²) in [6, 6.07) is 16.4. The Morgan fingerprint density at radius 3 is 2.87 bits per heavy atom. The van der Waals surface area contributed by atoms with Crippen molar-refractivity contribution in [2.75, 3.05) is 13.2 Å². The van der Waals surface area contributed by atoms with Crippen LogP contribution in [0.4, 0.5) is 4.39 Å². The predicted octanol–water partition coefficient (Wildman–Crippen LogP) is 3.25. The van der Waals surface area contributed by atoms with E-state index in [-0.39, 0.29) is 17.8 Å². The zero-order chi connectivity index (χ0) is 21.6. The summed E-state index contributed by atoms with van der Waals surface area (Å²) in [5.74, 6) is -0.166. The number of amides is 1. The van der Waals surface area contributed by atoms with Crippen molar-refractivity contribution in [2.45, 2.75) is 18.9 Å². The number of carbonyl (C=O) groups is 1. The molecule has 0 spiro atoms. The number of hydrogen-bond donors (Lipinski definition) is 2. The molecule has 2 N–H and O–H groups in total. The maximum Gasteiger partial charge on any atom is 0.256 e. The number of halogens is 1. The molecule has 1 atom stereocenters. The van der Waals surface area contributed by atoms with E-state index in [1.54, 1.807) is 30.3 Å². The van der Waals surface area contributed by atoms with Gasteiger partial charge in [0.15, 0.2) is 0 Å². The standard InChI is InChI=1S/C23H20FN5O2/c24-18-6-4-16(5-7-18)21-11-20(28-29-21)12-22(26-19-8-9-31-14-19)27-23(30)17-3-1-2-15(10-17)13-25/h1-7,10-11,19H,8-9,12,14H2,(H,28,29)(H,26,27,30)/t19-/m1/s1. The van der Waals surface area contributed by atoms with Gasteiger partial charge in [0.25, 0.3) is 5.91 Å². The summed E-state index contributed by atoms with van der Waals surface area (Å²) in [7, 11) is 0. The van der Waals surface area contributed by atoms with E-state index in [1.165, 1.54) is 18.2 Å². The van der Waals surface area contributed by atoms with Crippen LogP contribution in [0, 0.1) is 17.1 Å². The molecule has 3 aromatic rings. The molecule has 2 aromatic carbocycles. The Kier molecular flexibility index (Phi) is 6.15. The molecule has 1 fully saturated rings. The first-order valence-electron chi connectivity index (χ1n) is 9.87. The lowest BCUT2D eigenvalue weighted by Gasteiger charge is -2.11. The Hall–Kier alpha value is -3.83. The van der Waals surface area contributed by atoms with Crippen LogP contribution in [0.1, 0.15) is 28.0 Å². The van der Waals surface area contributed by atoms with Crippen molar-refractivity contribution < 1.29 is 13.9 Å². The number of H-pyrrole nitrogens is 1. The van der Waals surface area contributed by atoms with Crippen LogP contribution in [0.5, 0.6) is 0 Å². The highest BCUT2D eigenvalue weighted by atomic mass is 19.1. The average molecular weight is 417 g/mol. The van der Waals surface area contributed by atoms with Crippen molar-refractivity contribution in [3.05, 3.63) is 77.2 Å². The summed E-state index contributed by atoms with van der Waals surface area (Å²) >= 11 is 0. The van der Waals surface area contributed by atoms with Crippen LogP contribution >= 0.6 is 0 Å². The fraction of sp³-hybridized carbons (Fsp3) is 0.217. The van der Waals surface area contributed by atoms with E-state index >= 15 is 0 Å². The average Bonchev–Trinajstić information content (AvgIpc) is 3.46. The molecule has 0 unspecified atom stereocenters. The number of ether oxygens (including phenoxy) is 1. The van der Waals surface area contributed by atoms with Crippen LogP contribution in [-0.4, -0.2) is 41.2 Å². The molecule has 1 aromatic heterocycles. The molecule has 0 aliphatic carbocycles. The van der Waals surface area contributed by atoms with Crippen molar-refractivity contribution >= 4 is 11.7 Å². The van der Waals surface area contributed by atoms with E-state index < -0.39 is 0 Å². The Morgan fingerprint density at radius 2 is 2.13 bits per heavy atom. The SMILES string of the molecule is N#Cc1cccc(C(=O)NC(Cc2cc(-c3ccc(F)cc3)n[nH]2)=N[C@@H]2CCOC2)c1. The molecular formula is C23H20FN5O2. The molecule has 1 saturated heterocycles. The molecule has 0 bridgehead atoms. The van der Waals surface area contributed by atoms with Crippen molar-refractivity contribution in [1.82, 2.24) is 15.5 Å². The van der Waals surface area contributed by atoms with Crippen LogP contribution < -0.4 is 5.32 Å². The largest absolute Gasteiger partial charge is 0.379 e. The summed E-state index contributed by atoms with van der Waals surface area (Å²) in [6.07, 6.45) is 1.11. The summed E-state index contributed by atoms with van der Waals surface area (Å²) in [6.45, 7) is 1.14. The first kappa shape index (κ1) is 20.4. The summed E-state index contributed by atoms with van der Waals surface area (Å²) < 4.78 is 18.6. The van der Waals surface area contributed by atoms with E-state index in [0.717, 1.165) is 17.7 Å². The molecule has 156 valence electrons. The van der Waals surface area contributed by atoms with Gasteiger partial charge in [0, 0.05) is 29.8 Å². The Balaban J connectivity index is 1.53. The van der Waals surface area contributed by atoms with Crippen LogP contribution in [0.15, 0.2) is 59.6 Å². The number of rotatable bonds is 5. The van der Waals surface area contributed by atoms with Crippen molar-refractivity contribution in [3.8, 4) is 17.3 Å². The van der Waals surface area contributed by atoms with Gasteiger partial charge in [0.2, 0.25) is 0 Å². The summed E-state index contributed by atoms with van der Waals surface area (Å²) in [4.78, 5) is 17.4. The smallest absolute Gasteiger partial charge is 0.256 e. The van der Waals surface area contributed by atoms with Gasteiger partial charge in [0.1, 0.15) is 11.7 Å². The molecule has 31 heavy (non-hydrogen) atoms. The molecule has 0 saturated carbocycles. The number of nitrogens with zero attached hydrogens (tertiary/aromatic N) is 3. The molecule has 7 nitrogen and oxygen atoms in total. The van der Waals surface area contributed by atoms with E-state index in [2.05, 4.69) is 20.5 Å². The highest BCUT2D eigenvalue weighted by Crippen LogP contribution is 2.18. The molecule has 4 rings (SSSR count). The molecule has 1 aliphatic rings. The zero-order valence-electron chi connectivity index (χ0n) is 16.6. The highest BCUT2D eigenvalue weighted by Gasteiger charge is 2.18. The van der Waals surface area contributed by atoms with Gasteiger partial charge < -0.3 is 10.1 Å². The number of amidine groups is 1. The summed E-state index contributed by atoms with van der Waals surface area (Å²) in [5, 5.41) is 19.2. The van der Waals surface area contributed by atoms with Crippen LogP contribution in [0.2, 0.25) is 0 Å². The van der Waals surface area contributed by atoms with Crippen LogP contribution in [0.3, 0.4) is 0 Å². The van der Waals surface area contributed by atoms with E-state index in [4.69, 9.17) is 10.00 Å². The van der Waals surface area contributed by atoms with Gasteiger partial charge in [0.05, 0.1) is 30.0 Å². The highest BCUT2D eigenvalue weighted by molar-refractivity contribution is 6.07. The van der Waals surface area contributed by atoms with E-state index in [0.29, 0.717) is 42.3 Å². The second-order valence-corrected chi connectivity index (χ2v) is 7.20. The molecule has 1 aliphatic heterocycles. The minimum absolute atomic E-state index is 0.0276. The van der Waals surface area contributed by atoms with Gasteiger partial charge in [-0.15, -0.1) is 0 Å². The fourth-order valence-corrected chi connectivity index (χ4v) is 3.30. The van der Waals surface area contributed by atoms with Gasteiger partial charge in [-0.25, -0.2) is 4.39 Å². The number of hydrogen-bond acceptors (Lipinski definition) is 5. The first-order chi connectivity index (χ1) is 15.1. The molecule has 1 amide bonds. The molecule has 8 heteroatoms.